The van der Waals surface area contributed by atoms with E-state index in [9.17, 15) is 18.4 Å². The zero-order valence-corrected chi connectivity index (χ0v) is 16.6. The van der Waals surface area contributed by atoms with Crippen molar-refractivity contribution in [3.8, 4) is 5.88 Å². The van der Waals surface area contributed by atoms with Gasteiger partial charge in [0.2, 0.25) is 17.7 Å². The molecule has 158 valence electrons. The zero-order chi connectivity index (χ0) is 21.6. The minimum absolute atomic E-state index is 0.0681. The molecule has 0 spiro atoms. The largest absolute Gasteiger partial charge is 0.471 e. The van der Waals surface area contributed by atoms with Crippen LogP contribution in [0.4, 0.5) is 14.7 Å². The first-order valence-electron chi connectivity index (χ1n) is 8.74. The van der Waals surface area contributed by atoms with E-state index in [4.69, 9.17) is 21.4 Å². The van der Waals surface area contributed by atoms with Crippen LogP contribution >= 0.6 is 11.6 Å². The quantitative estimate of drug-likeness (QED) is 0.524. The van der Waals surface area contributed by atoms with Crippen LogP contribution in [0.1, 0.15) is 25.5 Å². The number of aliphatic hydroxyl groups excluding tert-OH is 1. The molecule has 29 heavy (non-hydrogen) atoms. The Morgan fingerprint density at radius 3 is 2.69 bits per heavy atom. The molecule has 0 saturated carbocycles. The Morgan fingerprint density at radius 1 is 1.34 bits per heavy atom. The number of hydrogen-bond acceptors (Lipinski definition) is 6. The molecule has 0 radical (unpaired) electrons. The number of benzene rings is 1. The van der Waals surface area contributed by atoms with E-state index >= 15 is 0 Å². The van der Waals surface area contributed by atoms with E-state index in [0.717, 1.165) is 12.1 Å². The Hall–Kier alpha value is -2.72. The van der Waals surface area contributed by atoms with E-state index in [1.54, 1.807) is 13.8 Å². The Bertz CT molecular complexity index is 937. The number of halogens is 3. The van der Waals surface area contributed by atoms with Crippen LogP contribution in [0.3, 0.4) is 0 Å². The van der Waals surface area contributed by atoms with E-state index in [2.05, 4.69) is 15.6 Å². The molecule has 0 bridgehead atoms. The van der Waals surface area contributed by atoms with E-state index in [1.165, 1.54) is 10.6 Å². The first-order chi connectivity index (χ1) is 13.7. The van der Waals surface area contributed by atoms with Gasteiger partial charge in [-0.2, -0.15) is 4.98 Å². The molecular weight excluding hydrogens is 410 g/mol. The standard InChI is InChI=1S/C18H21ClF2N4O4/c1-10(2)25-17(28)15(19)16(24-18(25)23-6-5-22-14(27)8-26)29-9-11-3-4-12(20)7-13(11)21/h3-4,7,10,26H,5-6,8-9H2,1-2H3,(H,22,27)(H,23,24). The van der Waals surface area contributed by atoms with Crippen molar-refractivity contribution in [1.29, 1.82) is 0 Å². The Morgan fingerprint density at radius 2 is 2.07 bits per heavy atom. The molecule has 1 aromatic heterocycles. The van der Waals surface area contributed by atoms with E-state index in [-0.39, 0.29) is 48.2 Å². The summed E-state index contributed by atoms with van der Waals surface area (Å²) in [6.07, 6.45) is 0. The maximum Gasteiger partial charge on any atom is 0.277 e. The summed E-state index contributed by atoms with van der Waals surface area (Å²) in [6, 6.07) is 2.74. The van der Waals surface area contributed by atoms with Gasteiger partial charge in [-0.3, -0.25) is 14.2 Å². The second-order valence-corrected chi connectivity index (χ2v) is 6.66. The second kappa shape index (κ2) is 10.2. The monoisotopic (exact) mass is 430 g/mol. The smallest absolute Gasteiger partial charge is 0.277 e. The van der Waals surface area contributed by atoms with Crippen molar-refractivity contribution >= 4 is 23.5 Å². The lowest BCUT2D eigenvalue weighted by Gasteiger charge is -2.19. The average molecular weight is 431 g/mol. The van der Waals surface area contributed by atoms with Crippen molar-refractivity contribution < 1.29 is 23.4 Å². The predicted octanol–water partition coefficient (Wildman–Crippen LogP) is 1.86. The van der Waals surface area contributed by atoms with Crippen LogP contribution in [0, 0.1) is 11.6 Å². The van der Waals surface area contributed by atoms with Gasteiger partial charge in [-0.1, -0.05) is 11.6 Å². The fourth-order valence-electron chi connectivity index (χ4n) is 2.41. The molecule has 11 heteroatoms. The number of ether oxygens (including phenoxy) is 1. The fraction of sp³-hybridized carbons (Fsp3) is 0.389. The van der Waals surface area contributed by atoms with Gasteiger partial charge in [0.25, 0.3) is 5.56 Å². The highest BCUT2D eigenvalue weighted by atomic mass is 35.5. The summed E-state index contributed by atoms with van der Waals surface area (Å²) < 4.78 is 33.5. The number of aliphatic hydroxyl groups is 1. The van der Waals surface area contributed by atoms with Gasteiger partial charge in [-0.05, 0) is 26.0 Å². The van der Waals surface area contributed by atoms with Crippen molar-refractivity contribution in [2.24, 2.45) is 0 Å². The first kappa shape index (κ1) is 22.6. The predicted molar refractivity (Wildman–Crippen MR) is 103 cm³/mol. The summed E-state index contributed by atoms with van der Waals surface area (Å²) in [5, 5.41) is 13.8. The maximum atomic E-state index is 13.8. The number of hydrogen-bond donors (Lipinski definition) is 3. The highest BCUT2D eigenvalue weighted by molar-refractivity contribution is 6.31. The third kappa shape index (κ3) is 5.88. The number of amides is 1. The van der Waals surface area contributed by atoms with Crippen LogP contribution in [-0.2, 0) is 11.4 Å². The number of carbonyl (C=O) groups excluding carboxylic acids is 1. The minimum atomic E-state index is -0.797. The lowest BCUT2D eigenvalue weighted by Crippen LogP contribution is -2.33. The fourth-order valence-corrected chi connectivity index (χ4v) is 2.60. The highest BCUT2D eigenvalue weighted by Gasteiger charge is 2.19. The van der Waals surface area contributed by atoms with Gasteiger partial charge >= 0.3 is 0 Å². The van der Waals surface area contributed by atoms with Gasteiger partial charge in [0.15, 0.2) is 5.02 Å². The van der Waals surface area contributed by atoms with E-state index in [1.807, 2.05) is 0 Å². The Balaban J connectivity index is 2.22. The third-order valence-corrected chi connectivity index (χ3v) is 4.12. The summed E-state index contributed by atoms with van der Waals surface area (Å²) in [5.41, 5.74) is -0.494. The molecule has 0 aliphatic rings. The number of anilines is 1. The molecule has 1 aromatic carbocycles. The lowest BCUT2D eigenvalue weighted by atomic mass is 10.2. The zero-order valence-electron chi connectivity index (χ0n) is 15.8. The molecule has 3 N–H and O–H groups in total. The molecule has 1 amide bonds. The summed E-state index contributed by atoms with van der Waals surface area (Å²) >= 11 is 6.08. The van der Waals surface area contributed by atoms with Crippen LogP contribution in [-0.4, -0.2) is 40.3 Å². The van der Waals surface area contributed by atoms with Crippen molar-refractivity contribution in [3.63, 3.8) is 0 Å². The van der Waals surface area contributed by atoms with Gasteiger partial charge in [-0.15, -0.1) is 0 Å². The van der Waals surface area contributed by atoms with Crippen LogP contribution in [0.15, 0.2) is 23.0 Å². The van der Waals surface area contributed by atoms with Crippen molar-refractivity contribution in [1.82, 2.24) is 14.9 Å². The first-order valence-corrected chi connectivity index (χ1v) is 9.12. The minimum Gasteiger partial charge on any atom is -0.471 e. The maximum absolute atomic E-state index is 13.8. The lowest BCUT2D eigenvalue weighted by molar-refractivity contribution is -0.123. The molecule has 0 aliphatic heterocycles. The van der Waals surface area contributed by atoms with E-state index < -0.39 is 29.7 Å². The molecule has 2 aromatic rings. The molecule has 0 atom stereocenters. The molecule has 0 unspecified atom stereocenters. The van der Waals surface area contributed by atoms with Crippen molar-refractivity contribution in [2.75, 3.05) is 25.0 Å². The van der Waals surface area contributed by atoms with Crippen LogP contribution < -0.4 is 20.9 Å². The molecule has 0 saturated heterocycles. The summed E-state index contributed by atoms with van der Waals surface area (Å²) in [4.78, 5) is 27.9. The van der Waals surface area contributed by atoms with Crippen LogP contribution in [0.5, 0.6) is 5.88 Å². The molecule has 2 rings (SSSR count). The number of nitrogens with zero attached hydrogens (tertiary/aromatic N) is 2. The molecule has 0 aliphatic carbocycles. The summed E-state index contributed by atoms with van der Waals surface area (Å²) in [7, 11) is 0. The van der Waals surface area contributed by atoms with Crippen molar-refractivity contribution in [3.05, 3.63) is 50.8 Å². The van der Waals surface area contributed by atoms with Gasteiger partial charge in [0, 0.05) is 30.8 Å². The summed E-state index contributed by atoms with van der Waals surface area (Å²) in [6.45, 7) is 2.95. The number of nitrogens with one attached hydrogen (secondary N) is 2. The van der Waals surface area contributed by atoms with Gasteiger partial charge in [0.1, 0.15) is 24.8 Å². The molecular formula is C18H21ClF2N4O4. The topological polar surface area (TPSA) is 105 Å². The third-order valence-electron chi connectivity index (χ3n) is 3.80. The Kier molecular flexibility index (Phi) is 7.91. The van der Waals surface area contributed by atoms with Crippen LogP contribution in [0.2, 0.25) is 5.02 Å². The van der Waals surface area contributed by atoms with Gasteiger partial charge < -0.3 is 20.5 Å². The summed E-state index contributed by atoms with van der Waals surface area (Å²) in [5.74, 6) is -2.12. The van der Waals surface area contributed by atoms with Gasteiger partial charge in [-0.25, -0.2) is 8.78 Å². The van der Waals surface area contributed by atoms with Gasteiger partial charge in [0.05, 0.1) is 0 Å². The SMILES string of the molecule is CC(C)n1c(NCCNC(=O)CO)nc(OCc2ccc(F)cc2F)c(Cl)c1=O. The molecule has 0 fully saturated rings. The number of carbonyl (C=O) groups is 1. The number of rotatable bonds is 9. The van der Waals surface area contributed by atoms with Crippen molar-refractivity contribution in [2.45, 2.75) is 26.5 Å². The normalized spacial score (nSPS) is 10.9. The highest BCUT2D eigenvalue weighted by Crippen LogP contribution is 2.23. The average Bonchev–Trinajstić information content (AvgIpc) is 2.67. The molecule has 8 nitrogen and oxygen atoms in total. The second-order valence-electron chi connectivity index (χ2n) is 6.28. The van der Waals surface area contributed by atoms with Crippen LogP contribution in [0.25, 0.3) is 0 Å². The molecule has 1 heterocycles. The van der Waals surface area contributed by atoms with E-state index in [0.29, 0.717) is 0 Å². The number of aromatic nitrogens is 2. The Labute approximate surface area is 170 Å².